The van der Waals surface area contributed by atoms with Crippen LogP contribution in [0.5, 0.6) is 0 Å². The first-order chi connectivity index (χ1) is 5.30. The Labute approximate surface area is 75.0 Å². The van der Waals surface area contributed by atoms with Crippen molar-refractivity contribution in [1.29, 1.82) is 0 Å². The second-order valence-corrected chi connectivity index (χ2v) is 4.42. The summed E-state index contributed by atoms with van der Waals surface area (Å²) in [6, 6.07) is 0. The van der Waals surface area contributed by atoms with E-state index < -0.39 is 6.10 Å². The maximum atomic E-state index is 11.2. The van der Waals surface area contributed by atoms with Crippen LogP contribution in [0.1, 0.15) is 41.0 Å². The summed E-state index contributed by atoms with van der Waals surface area (Å²) >= 11 is 0. The predicted molar refractivity (Wildman–Crippen MR) is 49.9 cm³/mol. The zero-order valence-electron chi connectivity index (χ0n) is 8.72. The summed E-state index contributed by atoms with van der Waals surface area (Å²) in [6.07, 6.45) is -0.0288. The van der Waals surface area contributed by atoms with E-state index in [-0.39, 0.29) is 17.1 Å². The Kier molecular flexibility index (Phi) is 3.91. The third kappa shape index (κ3) is 2.94. The van der Waals surface area contributed by atoms with Crippen molar-refractivity contribution in [3.05, 3.63) is 0 Å². The fraction of sp³-hybridized carbons (Fsp3) is 0.900. The Morgan fingerprint density at radius 2 is 1.83 bits per heavy atom. The van der Waals surface area contributed by atoms with Gasteiger partial charge in [0.2, 0.25) is 0 Å². The van der Waals surface area contributed by atoms with Gasteiger partial charge in [-0.1, -0.05) is 34.6 Å². The van der Waals surface area contributed by atoms with Crippen molar-refractivity contribution in [3.8, 4) is 0 Å². The van der Waals surface area contributed by atoms with Crippen LogP contribution in [0, 0.1) is 11.3 Å². The molecule has 0 aromatic carbocycles. The SMILES string of the molecule is CCC(=O)[C@@H](C)[C@@H](O)C(C)(C)C. The minimum absolute atomic E-state index is 0.137. The van der Waals surface area contributed by atoms with Gasteiger partial charge in [-0.25, -0.2) is 0 Å². The summed E-state index contributed by atoms with van der Waals surface area (Å²) in [5.74, 6) is -0.104. The molecule has 0 spiro atoms. The molecule has 0 aromatic heterocycles. The molecule has 12 heavy (non-hydrogen) atoms. The third-order valence-electron chi connectivity index (χ3n) is 2.22. The number of ketones is 1. The molecule has 0 unspecified atom stereocenters. The van der Waals surface area contributed by atoms with Crippen LogP contribution in [-0.4, -0.2) is 17.0 Å². The van der Waals surface area contributed by atoms with Gasteiger partial charge in [0.05, 0.1) is 6.10 Å². The van der Waals surface area contributed by atoms with Crippen LogP contribution < -0.4 is 0 Å². The molecule has 0 rings (SSSR count). The molecule has 2 heteroatoms. The molecule has 1 N–H and O–H groups in total. The summed E-state index contributed by atoms with van der Waals surface area (Å²) in [6.45, 7) is 9.45. The molecule has 0 heterocycles. The van der Waals surface area contributed by atoms with Crippen LogP contribution in [0.3, 0.4) is 0 Å². The first-order valence-electron chi connectivity index (χ1n) is 4.51. The average Bonchev–Trinajstić information content (AvgIpc) is 1.98. The lowest BCUT2D eigenvalue weighted by Gasteiger charge is -2.29. The van der Waals surface area contributed by atoms with Gasteiger partial charge in [0, 0.05) is 12.3 Å². The van der Waals surface area contributed by atoms with E-state index in [1.54, 1.807) is 6.92 Å². The van der Waals surface area contributed by atoms with Gasteiger partial charge in [-0.05, 0) is 5.41 Å². The van der Waals surface area contributed by atoms with Gasteiger partial charge < -0.3 is 5.11 Å². The number of rotatable bonds is 3. The van der Waals surface area contributed by atoms with Gasteiger partial charge >= 0.3 is 0 Å². The molecule has 0 aliphatic carbocycles. The Morgan fingerprint density at radius 1 is 1.42 bits per heavy atom. The number of hydrogen-bond acceptors (Lipinski definition) is 2. The van der Waals surface area contributed by atoms with Crippen LogP contribution in [0.4, 0.5) is 0 Å². The molecule has 0 aliphatic heterocycles. The number of Topliss-reactive ketones (excluding diaryl/α,β-unsaturated/α-hetero) is 1. The monoisotopic (exact) mass is 172 g/mol. The highest BCUT2D eigenvalue weighted by atomic mass is 16.3. The van der Waals surface area contributed by atoms with Gasteiger partial charge in [-0.3, -0.25) is 4.79 Å². The van der Waals surface area contributed by atoms with Crippen LogP contribution in [0.25, 0.3) is 0 Å². The van der Waals surface area contributed by atoms with Crippen molar-refractivity contribution in [2.24, 2.45) is 11.3 Å². The molecular formula is C10H20O2. The summed E-state index contributed by atoms with van der Waals surface area (Å²) in [4.78, 5) is 11.2. The minimum Gasteiger partial charge on any atom is -0.392 e. The van der Waals surface area contributed by atoms with E-state index in [0.717, 1.165) is 0 Å². The fourth-order valence-electron chi connectivity index (χ4n) is 1.25. The molecule has 2 atom stereocenters. The highest BCUT2D eigenvalue weighted by Gasteiger charge is 2.30. The van der Waals surface area contributed by atoms with E-state index in [2.05, 4.69) is 0 Å². The van der Waals surface area contributed by atoms with E-state index >= 15 is 0 Å². The summed E-state index contributed by atoms with van der Waals surface area (Å²) in [5, 5.41) is 9.73. The lowest BCUT2D eigenvalue weighted by molar-refractivity contribution is -0.128. The first kappa shape index (κ1) is 11.6. The second-order valence-electron chi connectivity index (χ2n) is 4.42. The highest BCUT2D eigenvalue weighted by molar-refractivity contribution is 5.80. The van der Waals surface area contributed by atoms with E-state index in [4.69, 9.17) is 0 Å². The van der Waals surface area contributed by atoms with Gasteiger partial charge in [-0.2, -0.15) is 0 Å². The predicted octanol–water partition coefficient (Wildman–Crippen LogP) is 2.01. The van der Waals surface area contributed by atoms with Crippen molar-refractivity contribution in [3.63, 3.8) is 0 Å². The molecule has 0 saturated carbocycles. The number of carbonyl (C=O) groups excluding carboxylic acids is 1. The van der Waals surface area contributed by atoms with Gasteiger partial charge in [0.15, 0.2) is 0 Å². The van der Waals surface area contributed by atoms with E-state index in [1.165, 1.54) is 0 Å². The lowest BCUT2D eigenvalue weighted by atomic mass is 9.80. The average molecular weight is 172 g/mol. The van der Waals surface area contributed by atoms with Crippen molar-refractivity contribution in [1.82, 2.24) is 0 Å². The molecule has 0 saturated heterocycles. The number of carbonyl (C=O) groups is 1. The molecule has 0 fully saturated rings. The van der Waals surface area contributed by atoms with E-state index in [9.17, 15) is 9.90 Å². The van der Waals surface area contributed by atoms with Crippen LogP contribution in [-0.2, 0) is 4.79 Å². The summed E-state index contributed by atoms with van der Waals surface area (Å²) in [7, 11) is 0. The van der Waals surface area contributed by atoms with Gasteiger partial charge in [0.1, 0.15) is 5.78 Å². The zero-order chi connectivity index (χ0) is 9.94. The number of aliphatic hydroxyl groups excluding tert-OH is 1. The molecule has 2 nitrogen and oxygen atoms in total. The number of hydrogen-bond donors (Lipinski definition) is 1. The van der Waals surface area contributed by atoms with Gasteiger partial charge in [0.25, 0.3) is 0 Å². The van der Waals surface area contributed by atoms with Crippen LogP contribution in [0.15, 0.2) is 0 Å². The van der Waals surface area contributed by atoms with Gasteiger partial charge in [-0.15, -0.1) is 0 Å². The Bertz CT molecular complexity index is 156. The highest BCUT2D eigenvalue weighted by Crippen LogP contribution is 2.25. The lowest BCUT2D eigenvalue weighted by Crippen LogP contribution is -2.36. The van der Waals surface area contributed by atoms with E-state index in [1.807, 2.05) is 27.7 Å². The molecular weight excluding hydrogens is 152 g/mol. The standard InChI is InChI=1S/C10H20O2/c1-6-8(11)7(2)9(12)10(3,4)5/h7,9,12H,6H2,1-5H3/t7-,9-/m1/s1. The largest absolute Gasteiger partial charge is 0.392 e. The molecule has 0 aromatic rings. The van der Waals surface area contributed by atoms with Crippen molar-refractivity contribution in [2.45, 2.75) is 47.1 Å². The quantitative estimate of drug-likeness (QED) is 0.707. The summed E-state index contributed by atoms with van der Waals surface area (Å²) in [5.41, 5.74) is -0.204. The third-order valence-corrected chi connectivity index (χ3v) is 2.22. The van der Waals surface area contributed by atoms with Crippen molar-refractivity contribution < 1.29 is 9.90 Å². The van der Waals surface area contributed by atoms with Crippen molar-refractivity contribution >= 4 is 5.78 Å². The van der Waals surface area contributed by atoms with Crippen LogP contribution >= 0.6 is 0 Å². The Balaban J connectivity index is 4.29. The topological polar surface area (TPSA) is 37.3 Å². The summed E-state index contributed by atoms with van der Waals surface area (Å²) < 4.78 is 0. The minimum atomic E-state index is -0.537. The molecule has 0 bridgehead atoms. The van der Waals surface area contributed by atoms with Crippen LogP contribution in [0.2, 0.25) is 0 Å². The smallest absolute Gasteiger partial charge is 0.138 e. The molecule has 0 amide bonds. The molecule has 72 valence electrons. The Morgan fingerprint density at radius 3 is 2.08 bits per heavy atom. The Hall–Kier alpha value is -0.370. The zero-order valence-corrected chi connectivity index (χ0v) is 8.72. The fourth-order valence-corrected chi connectivity index (χ4v) is 1.25. The number of aliphatic hydroxyl groups is 1. The maximum absolute atomic E-state index is 11.2. The second kappa shape index (κ2) is 4.04. The van der Waals surface area contributed by atoms with E-state index in [0.29, 0.717) is 6.42 Å². The molecule has 0 aliphatic rings. The van der Waals surface area contributed by atoms with Crippen molar-refractivity contribution in [2.75, 3.05) is 0 Å². The molecule has 0 radical (unpaired) electrons. The first-order valence-corrected chi connectivity index (χ1v) is 4.51. The maximum Gasteiger partial charge on any atom is 0.138 e. The normalized spacial score (nSPS) is 17.2.